The number of hydrogen-bond donors (Lipinski definition) is 4. The highest BCUT2D eigenvalue weighted by Gasteiger charge is 2.30. The number of anilines is 1. The lowest BCUT2D eigenvalue weighted by Crippen LogP contribution is -2.36. The van der Waals surface area contributed by atoms with Crippen LogP contribution >= 0.6 is 0 Å². The Kier molecular flexibility index (Phi) is 6.80. The van der Waals surface area contributed by atoms with Crippen LogP contribution in [-0.4, -0.2) is 40.2 Å². The molecule has 0 saturated carbocycles. The molecule has 0 unspecified atom stereocenters. The number of amides is 1. The first-order valence-corrected chi connectivity index (χ1v) is 9.87. The zero-order valence-electron chi connectivity index (χ0n) is 17.7. The third-order valence-electron chi connectivity index (χ3n) is 5.10. The average molecular weight is 481 g/mol. The summed E-state index contributed by atoms with van der Waals surface area (Å²) in [5.41, 5.74) is -1.97. The molecule has 3 aromatic rings. The van der Waals surface area contributed by atoms with Crippen molar-refractivity contribution >= 4 is 28.5 Å². The summed E-state index contributed by atoms with van der Waals surface area (Å²) < 4.78 is 53.6. The number of carboxylic acids is 1. The van der Waals surface area contributed by atoms with Gasteiger partial charge in [0.1, 0.15) is 23.7 Å². The van der Waals surface area contributed by atoms with Gasteiger partial charge in [-0.05, 0) is 36.2 Å². The molecule has 0 aliphatic heterocycles. The van der Waals surface area contributed by atoms with Gasteiger partial charge in [0.05, 0.1) is 16.8 Å². The van der Waals surface area contributed by atoms with E-state index in [1.165, 1.54) is 19.2 Å². The van der Waals surface area contributed by atoms with Crippen LogP contribution in [0.25, 0.3) is 10.9 Å². The summed E-state index contributed by atoms with van der Waals surface area (Å²) >= 11 is 0. The van der Waals surface area contributed by atoms with Gasteiger partial charge < -0.3 is 25.4 Å². The van der Waals surface area contributed by atoms with Crippen LogP contribution in [0, 0.1) is 5.82 Å². The Labute approximate surface area is 189 Å². The first-order valence-electron chi connectivity index (χ1n) is 9.87. The highest BCUT2D eigenvalue weighted by Crippen LogP contribution is 2.33. The molecule has 0 fully saturated rings. The molecule has 1 amide bonds. The van der Waals surface area contributed by atoms with Crippen LogP contribution in [0.3, 0.4) is 0 Å². The van der Waals surface area contributed by atoms with E-state index < -0.39 is 52.9 Å². The SMILES string of the molecule is CNc1cc(F)cc2c(O)c(C(=O)NCC(=O)O)c(=O)n(CCc3ccc(C(F)(F)F)cc3)c12. The van der Waals surface area contributed by atoms with Crippen LogP contribution in [0.4, 0.5) is 23.2 Å². The van der Waals surface area contributed by atoms with Gasteiger partial charge in [0.2, 0.25) is 0 Å². The van der Waals surface area contributed by atoms with Crippen molar-refractivity contribution in [3.8, 4) is 5.75 Å². The maximum Gasteiger partial charge on any atom is 0.416 e. The second-order valence-corrected chi connectivity index (χ2v) is 7.30. The summed E-state index contributed by atoms with van der Waals surface area (Å²) in [6.45, 7) is -0.966. The number of rotatable bonds is 7. The topological polar surface area (TPSA) is 121 Å². The second kappa shape index (κ2) is 9.41. The fraction of sp³-hybridized carbons (Fsp3) is 0.227. The molecule has 1 heterocycles. The first kappa shape index (κ1) is 24.6. The number of pyridine rings is 1. The predicted molar refractivity (Wildman–Crippen MR) is 114 cm³/mol. The number of aromatic nitrogens is 1. The number of aliphatic carboxylic acids is 1. The lowest BCUT2D eigenvalue weighted by molar-refractivity contribution is -0.138. The lowest BCUT2D eigenvalue weighted by Gasteiger charge is -2.18. The van der Waals surface area contributed by atoms with Crippen molar-refractivity contribution in [1.82, 2.24) is 9.88 Å². The van der Waals surface area contributed by atoms with Crippen LogP contribution in [0.2, 0.25) is 0 Å². The van der Waals surface area contributed by atoms with Crippen molar-refractivity contribution in [2.45, 2.75) is 19.1 Å². The van der Waals surface area contributed by atoms with Crippen molar-refractivity contribution in [3.05, 3.63) is 69.3 Å². The number of benzene rings is 2. The van der Waals surface area contributed by atoms with Gasteiger partial charge in [0.15, 0.2) is 0 Å². The number of carbonyl (C=O) groups excluding carboxylic acids is 1. The van der Waals surface area contributed by atoms with Gasteiger partial charge in [-0.2, -0.15) is 13.2 Å². The molecule has 1 aromatic heterocycles. The highest BCUT2D eigenvalue weighted by atomic mass is 19.4. The van der Waals surface area contributed by atoms with E-state index >= 15 is 0 Å². The van der Waals surface area contributed by atoms with Crippen molar-refractivity contribution in [2.24, 2.45) is 0 Å². The molecule has 0 saturated heterocycles. The van der Waals surface area contributed by atoms with Crippen LogP contribution in [0.1, 0.15) is 21.5 Å². The summed E-state index contributed by atoms with van der Waals surface area (Å²) in [7, 11) is 1.45. The fourth-order valence-corrected chi connectivity index (χ4v) is 3.50. The third-order valence-corrected chi connectivity index (χ3v) is 5.10. The predicted octanol–water partition coefficient (Wildman–Crippen LogP) is 2.96. The summed E-state index contributed by atoms with van der Waals surface area (Å²) in [6, 6.07) is 6.26. The molecule has 12 heteroatoms. The van der Waals surface area contributed by atoms with E-state index in [4.69, 9.17) is 5.11 Å². The number of fused-ring (bicyclic) bond motifs is 1. The van der Waals surface area contributed by atoms with Gasteiger partial charge >= 0.3 is 12.1 Å². The van der Waals surface area contributed by atoms with Gasteiger partial charge in [-0.15, -0.1) is 0 Å². The Morgan fingerprint density at radius 3 is 2.32 bits per heavy atom. The largest absolute Gasteiger partial charge is 0.506 e. The number of carboxylic acid groups (broad SMARTS) is 1. The van der Waals surface area contributed by atoms with Crippen molar-refractivity contribution in [2.75, 3.05) is 18.9 Å². The first-order chi connectivity index (χ1) is 15.9. The minimum Gasteiger partial charge on any atom is -0.506 e. The minimum atomic E-state index is -4.51. The quantitative estimate of drug-likeness (QED) is 0.385. The number of hydrogen-bond acceptors (Lipinski definition) is 5. The summed E-state index contributed by atoms with van der Waals surface area (Å²) in [5.74, 6) is -4.17. The van der Waals surface area contributed by atoms with E-state index in [9.17, 15) is 37.1 Å². The maximum absolute atomic E-state index is 14.2. The number of aryl methyl sites for hydroxylation is 2. The summed E-state index contributed by atoms with van der Waals surface area (Å²) in [6.07, 6.45) is -4.44. The Balaban J connectivity index is 2.12. The van der Waals surface area contributed by atoms with E-state index in [1.54, 1.807) is 0 Å². The Bertz CT molecular complexity index is 1320. The highest BCUT2D eigenvalue weighted by molar-refractivity contribution is 6.05. The van der Waals surface area contributed by atoms with Crippen molar-refractivity contribution in [3.63, 3.8) is 0 Å². The summed E-state index contributed by atoms with van der Waals surface area (Å²) in [4.78, 5) is 36.4. The molecule has 0 atom stereocenters. The Morgan fingerprint density at radius 2 is 1.76 bits per heavy atom. The molecule has 8 nitrogen and oxygen atoms in total. The number of alkyl halides is 3. The van der Waals surface area contributed by atoms with Crippen LogP contribution < -0.4 is 16.2 Å². The van der Waals surface area contributed by atoms with Crippen LogP contribution in [-0.2, 0) is 23.9 Å². The Morgan fingerprint density at radius 1 is 1.12 bits per heavy atom. The fourth-order valence-electron chi connectivity index (χ4n) is 3.50. The van der Waals surface area contributed by atoms with Gasteiger partial charge in [0.25, 0.3) is 11.5 Å². The third kappa shape index (κ3) is 4.95. The van der Waals surface area contributed by atoms with E-state index in [0.29, 0.717) is 5.56 Å². The summed E-state index contributed by atoms with van der Waals surface area (Å²) in [5, 5.41) is 23.9. The monoisotopic (exact) mass is 481 g/mol. The molecule has 0 aliphatic carbocycles. The van der Waals surface area contributed by atoms with Crippen LogP contribution in [0.15, 0.2) is 41.2 Å². The van der Waals surface area contributed by atoms with Crippen molar-refractivity contribution in [1.29, 1.82) is 0 Å². The normalized spacial score (nSPS) is 11.4. The molecule has 2 aromatic carbocycles. The molecule has 0 aliphatic rings. The van der Waals surface area contributed by atoms with Crippen LogP contribution in [0.5, 0.6) is 5.75 Å². The minimum absolute atomic E-state index is 0.0631. The number of carbonyl (C=O) groups is 2. The Hall–Kier alpha value is -4.09. The molecule has 0 spiro atoms. The van der Waals surface area contributed by atoms with Gasteiger partial charge in [-0.1, -0.05) is 12.1 Å². The molecule has 0 radical (unpaired) electrons. The molecule has 34 heavy (non-hydrogen) atoms. The maximum atomic E-state index is 14.2. The van der Waals surface area contributed by atoms with Gasteiger partial charge in [0, 0.05) is 19.0 Å². The number of aromatic hydroxyl groups is 1. The molecule has 4 N–H and O–H groups in total. The van der Waals surface area contributed by atoms with Crippen molar-refractivity contribution < 1.29 is 37.4 Å². The van der Waals surface area contributed by atoms with Gasteiger partial charge in [-0.25, -0.2) is 4.39 Å². The molecular weight excluding hydrogens is 462 g/mol. The lowest BCUT2D eigenvalue weighted by atomic mass is 10.1. The second-order valence-electron chi connectivity index (χ2n) is 7.30. The molecule has 0 bridgehead atoms. The standard InChI is InChI=1S/C22H19F4N3O5/c1-27-15-9-13(23)8-14-18(15)29(7-6-11-2-4-12(5-3-11)22(24,25)26)21(34)17(19(14)32)20(33)28-10-16(30)31/h2-5,8-9,27,32H,6-7,10H2,1H3,(H,28,33)(H,30,31). The zero-order chi connectivity index (χ0) is 25.2. The molecule has 180 valence electrons. The zero-order valence-corrected chi connectivity index (χ0v) is 17.7. The van der Waals surface area contributed by atoms with E-state index in [1.807, 2.05) is 5.32 Å². The molecule has 3 rings (SSSR count). The smallest absolute Gasteiger partial charge is 0.416 e. The van der Waals surface area contributed by atoms with E-state index in [2.05, 4.69) is 5.32 Å². The average Bonchev–Trinajstić information content (AvgIpc) is 2.77. The van der Waals surface area contributed by atoms with Gasteiger partial charge in [-0.3, -0.25) is 14.4 Å². The van der Waals surface area contributed by atoms with E-state index in [-0.39, 0.29) is 29.6 Å². The van der Waals surface area contributed by atoms with E-state index in [0.717, 1.165) is 28.8 Å². The molecular formula is C22H19F4N3O5. The number of nitrogens with zero attached hydrogens (tertiary/aromatic N) is 1. The number of nitrogens with one attached hydrogen (secondary N) is 2. The number of halogens is 4.